The van der Waals surface area contributed by atoms with Gasteiger partial charge in [-0.2, -0.15) is 0 Å². The number of aryl methyl sites for hydroxylation is 1. The molecule has 0 aliphatic carbocycles. The Hall–Kier alpha value is -2.75. The van der Waals surface area contributed by atoms with Gasteiger partial charge in [-0.25, -0.2) is 4.98 Å². The lowest BCUT2D eigenvalue weighted by atomic mass is 10.1. The van der Waals surface area contributed by atoms with Crippen LogP contribution in [0.1, 0.15) is 6.42 Å². The Bertz CT molecular complexity index is 838. The maximum atomic E-state index is 12.8. The van der Waals surface area contributed by atoms with Gasteiger partial charge in [0.05, 0.1) is 0 Å². The lowest BCUT2D eigenvalue weighted by molar-refractivity contribution is 0.703. The molecule has 0 bridgehead atoms. The normalized spacial score (nSPS) is 10.7. The standard InChI is InChI=1S/C17H15N3O/c1-2-3-10-20-16-13(6-5-9-19-16)11-15(17(20)21)14-7-4-8-18-12-14/h2,4-9,11-12H,1,3,10H2. The van der Waals surface area contributed by atoms with E-state index in [1.165, 1.54) is 0 Å². The summed E-state index contributed by atoms with van der Waals surface area (Å²) in [4.78, 5) is 21.2. The molecule has 0 amide bonds. The molecule has 0 aliphatic rings. The molecule has 0 fully saturated rings. The molecule has 0 saturated carbocycles. The van der Waals surface area contributed by atoms with Crippen LogP contribution >= 0.6 is 0 Å². The molecule has 0 N–H and O–H groups in total. The van der Waals surface area contributed by atoms with E-state index in [0.717, 1.165) is 17.4 Å². The van der Waals surface area contributed by atoms with E-state index in [0.29, 0.717) is 17.8 Å². The highest BCUT2D eigenvalue weighted by atomic mass is 16.1. The number of hydrogen-bond acceptors (Lipinski definition) is 3. The first-order chi connectivity index (χ1) is 10.3. The molecule has 104 valence electrons. The van der Waals surface area contributed by atoms with Crippen LogP contribution in [0.15, 0.2) is 66.4 Å². The van der Waals surface area contributed by atoms with Crippen molar-refractivity contribution in [3.05, 3.63) is 71.9 Å². The molecule has 0 spiro atoms. The summed E-state index contributed by atoms with van der Waals surface area (Å²) < 4.78 is 1.71. The van der Waals surface area contributed by atoms with Crippen molar-refractivity contribution < 1.29 is 0 Å². The van der Waals surface area contributed by atoms with E-state index in [1.807, 2.05) is 30.3 Å². The zero-order valence-corrected chi connectivity index (χ0v) is 11.6. The van der Waals surface area contributed by atoms with Crippen LogP contribution in [0.4, 0.5) is 0 Å². The van der Waals surface area contributed by atoms with Gasteiger partial charge in [0.1, 0.15) is 5.65 Å². The summed E-state index contributed by atoms with van der Waals surface area (Å²) in [6, 6.07) is 9.44. The molecule has 4 nitrogen and oxygen atoms in total. The number of fused-ring (bicyclic) bond motifs is 1. The van der Waals surface area contributed by atoms with Crippen LogP contribution in [0.25, 0.3) is 22.2 Å². The maximum absolute atomic E-state index is 12.8. The third-order valence-electron chi connectivity index (χ3n) is 3.38. The van der Waals surface area contributed by atoms with Crippen molar-refractivity contribution in [2.24, 2.45) is 0 Å². The molecule has 21 heavy (non-hydrogen) atoms. The van der Waals surface area contributed by atoms with E-state index in [-0.39, 0.29) is 5.56 Å². The quantitative estimate of drug-likeness (QED) is 0.689. The molecule has 0 radical (unpaired) electrons. The van der Waals surface area contributed by atoms with Crippen molar-refractivity contribution in [1.29, 1.82) is 0 Å². The fraction of sp³-hybridized carbons (Fsp3) is 0.118. The van der Waals surface area contributed by atoms with Gasteiger partial charge in [0, 0.05) is 41.6 Å². The second-order valence-corrected chi connectivity index (χ2v) is 4.75. The molecule has 3 heterocycles. The van der Waals surface area contributed by atoms with Gasteiger partial charge in [0.15, 0.2) is 0 Å². The van der Waals surface area contributed by atoms with E-state index in [9.17, 15) is 4.79 Å². The van der Waals surface area contributed by atoms with Gasteiger partial charge >= 0.3 is 0 Å². The largest absolute Gasteiger partial charge is 0.292 e. The Labute approximate surface area is 122 Å². The van der Waals surface area contributed by atoms with Crippen LogP contribution in [0.5, 0.6) is 0 Å². The lowest BCUT2D eigenvalue weighted by Gasteiger charge is -2.11. The maximum Gasteiger partial charge on any atom is 0.260 e. The predicted molar refractivity (Wildman–Crippen MR) is 84.0 cm³/mol. The van der Waals surface area contributed by atoms with E-state index in [1.54, 1.807) is 29.2 Å². The molecular weight excluding hydrogens is 262 g/mol. The van der Waals surface area contributed by atoms with Crippen LogP contribution in [0, 0.1) is 0 Å². The van der Waals surface area contributed by atoms with Gasteiger partial charge in [-0.1, -0.05) is 12.1 Å². The van der Waals surface area contributed by atoms with Crippen LogP contribution in [0.2, 0.25) is 0 Å². The van der Waals surface area contributed by atoms with Crippen molar-refractivity contribution in [3.63, 3.8) is 0 Å². The molecule has 3 rings (SSSR count). The summed E-state index contributed by atoms with van der Waals surface area (Å²) in [6.07, 6.45) is 7.63. The SMILES string of the molecule is C=CCCn1c(=O)c(-c2cccnc2)cc2cccnc21. The topological polar surface area (TPSA) is 47.8 Å². The van der Waals surface area contributed by atoms with E-state index < -0.39 is 0 Å². The number of rotatable bonds is 4. The van der Waals surface area contributed by atoms with Crippen molar-refractivity contribution in [2.75, 3.05) is 0 Å². The van der Waals surface area contributed by atoms with Crippen LogP contribution in [-0.4, -0.2) is 14.5 Å². The smallest absolute Gasteiger partial charge is 0.260 e. The fourth-order valence-corrected chi connectivity index (χ4v) is 2.36. The van der Waals surface area contributed by atoms with E-state index >= 15 is 0 Å². The number of nitrogens with zero attached hydrogens (tertiary/aromatic N) is 3. The Morgan fingerprint density at radius 2 is 2.10 bits per heavy atom. The summed E-state index contributed by atoms with van der Waals surface area (Å²) in [5.41, 5.74) is 2.13. The molecule has 0 saturated heterocycles. The van der Waals surface area contributed by atoms with Gasteiger partial charge in [0.2, 0.25) is 0 Å². The van der Waals surface area contributed by atoms with E-state index in [2.05, 4.69) is 16.5 Å². The Morgan fingerprint density at radius 3 is 2.86 bits per heavy atom. The predicted octanol–water partition coefficient (Wildman–Crippen LogP) is 3.03. The first-order valence-electron chi connectivity index (χ1n) is 6.81. The van der Waals surface area contributed by atoms with E-state index in [4.69, 9.17) is 0 Å². The molecule has 3 aromatic rings. The van der Waals surface area contributed by atoms with Crippen LogP contribution < -0.4 is 5.56 Å². The average molecular weight is 277 g/mol. The third-order valence-corrected chi connectivity index (χ3v) is 3.38. The third kappa shape index (κ3) is 2.48. The number of pyridine rings is 3. The minimum atomic E-state index is -0.0453. The zero-order chi connectivity index (χ0) is 14.7. The molecule has 4 heteroatoms. The highest BCUT2D eigenvalue weighted by Crippen LogP contribution is 2.19. The molecule has 0 aromatic carbocycles. The minimum absolute atomic E-state index is 0.0453. The molecule has 3 aromatic heterocycles. The highest BCUT2D eigenvalue weighted by Gasteiger charge is 2.11. The number of allylic oxidation sites excluding steroid dienone is 1. The lowest BCUT2D eigenvalue weighted by Crippen LogP contribution is -2.22. The average Bonchev–Trinajstić information content (AvgIpc) is 2.54. The Morgan fingerprint density at radius 1 is 1.24 bits per heavy atom. The van der Waals surface area contributed by atoms with Crippen molar-refractivity contribution in [3.8, 4) is 11.1 Å². The molecule has 0 atom stereocenters. The van der Waals surface area contributed by atoms with Gasteiger partial charge < -0.3 is 0 Å². The Kier molecular flexibility index (Phi) is 3.60. The summed E-state index contributed by atoms with van der Waals surface area (Å²) in [6.45, 7) is 4.29. The molecule has 0 aliphatic heterocycles. The second-order valence-electron chi connectivity index (χ2n) is 4.75. The first kappa shape index (κ1) is 13.2. The van der Waals surface area contributed by atoms with Crippen LogP contribution in [0.3, 0.4) is 0 Å². The minimum Gasteiger partial charge on any atom is -0.292 e. The summed E-state index contributed by atoms with van der Waals surface area (Å²) >= 11 is 0. The van der Waals surface area contributed by atoms with Gasteiger partial charge in [-0.3, -0.25) is 14.3 Å². The van der Waals surface area contributed by atoms with Crippen molar-refractivity contribution in [2.45, 2.75) is 13.0 Å². The highest BCUT2D eigenvalue weighted by molar-refractivity contribution is 5.81. The number of aromatic nitrogens is 3. The zero-order valence-electron chi connectivity index (χ0n) is 11.6. The van der Waals surface area contributed by atoms with Gasteiger partial charge in [-0.15, -0.1) is 6.58 Å². The Balaban J connectivity index is 2.29. The monoisotopic (exact) mass is 277 g/mol. The second kappa shape index (κ2) is 5.71. The van der Waals surface area contributed by atoms with Crippen molar-refractivity contribution in [1.82, 2.24) is 14.5 Å². The summed E-state index contributed by atoms with van der Waals surface area (Å²) in [7, 11) is 0. The van der Waals surface area contributed by atoms with Crippen LogP contribution in [-0.2, 0) is 6.54 Å². The first-order valence-corrected chi connectivity index (χ1v) is 6.81. The molecule has 0 unspecified atom stereocenters. The summed E-state index contributed by atoms with van der Waals surface area (Å²) in [5, 5.41) is 0.944. The van der Waals surface area contributed by atoms with Gasteiger partial charge in [0.25, 0.3) is 5.56 Å². The van der Waals surface area contributed by atoms with Crippen molar-refractivity contribution >= 4 is 11.0 Å². The number of hydrogen-bond donors (Lipinski definition) is 0. The summed E-state index contributed by atoms with van der Waals surface area (Å²) in [5.74, 6) is 0. The molecular formula is C17H15N3O. The fourth-order valence-electron chi connectivity index (χ4n) is 2.36. The van der Waals surface area contributed by atoms with Gasteiger partial charge in [-0.05, 0) is 30.7 Å².